The molecule has 3 aromatic rings. The summed E-state index contributed by atoms with van der Waals surface area (Å²) in [5.41, 5.74) is 6.05. The van der Waals surface area contributed by atoms with Crippen LogP contribution in [0.3, 0.4) is 0 Å². The molecule has 228 valence electrons. The molecule has 0 saturated heterocycles. The SMILES string of the molecule is CN(CCCc1ccccc1)Cc1ccc(C(=O)NN(c2nc(C#N)ncc2Cl)C2CCCC2)cc1.O=C(O)C(F)(F)F. The number of carbonyl (C=O) groups is 2. The molecule has 2 N–H and O–H groups in total. The second kappa shape index (κ2) is 15.9. The Morgan fingerprint density at radius 2 is 1.72 bits per heavy atom. The fraction of sp³-hybridized carbons (Fsp3) is 0.367. The van der Waals surface area contributed by atoms with Gasteiger partial charge in [0.25, 0.3) is 5.91 Å². The summed E-state index contributed by atoms with van der Waals surface area (Å²) >= 11 is 6.36. The number of hydrazine groups is 1. The highest BCUT2D eigenvalue weighted by Crippen LogP contribution is 2.30. The third-order valence-electron chi connectivity index (χ3n) is 6.72. The first kappa shape index (κ1) is 33.3. The van der Waals surface area contributed by atoms with E-state index in [4.69, 9.17) is 21.5 Å². The average molecular weight is 617 g/mol. The van der Waals surface area contributed by atoms with Crippen LogP contribution in [0.2, 0.25) is 5.02 Å². The lowest BCUT2D eigenvalue weighted by Gasteiger charge is -2.30. The summed E-state index contributed by atoms with van der Waals surface area (Å²) < 4.78 is 31.7. The normalized spacial score (nSPS) is 13.1. The Morgan fingerprint density at radius 1 is 1.09 bits per heavy atom. The third-order valence-corrected chi connectivity index (χ3v) is 6.99. The van der Waals surface area contributed by atoms with E-state index < -0.39 is 12.1 Å². The molecule has 43 heavy (non-hydrogen) atoms. The number of nitriles is 1. The number of amides is 1. The van der Waals surface area contributed by atoms with Crippen molar-refractivity contribution in [1.82, 2.24) is 20.3 Å². The molecule has 2 aromatic carbocycles. The molecule has 1 aromatic heterocycles. The fourth-order valence-corrected chi connectivity index (χ4v) is 4.77. The van der Waals surface area contributed by atoms with Crippen molar-refractivity contribution < 1.29 is 27.9 Å². The quantitative estimate of drug-likeness (QED) is 0.274. The minimum Gasteiger partial charge on any atom is -0.475 e. The Balaban J connectivity index is 0.000000646. The molecule has 1 fully saturated rings. The van der Waals surface area contributed by atoms with Crippen molar-refractivity contribution in [1.29, 1.82) is 5.26 Å². The molecular weight excluding hydrogens is 585 g/mol. The highest BCUT2D eigenvalue weighted by atomic mass is 35.5. The zero-order valence-electron chi connectivity index (χ0n) is 23.5. The minimum absolute atomic E-state index is 0.0175. The number of nitrogens with zero attached hydrogens (tertiary/aromatic N) is 5. The number of alkyl halides is 3. The Labute approximate surface area is 252 Å². The molecule has 0 unspecified atom stereocenters. The number of aryl methyl sites for hydroxylation is 1. The van der Waals surface area contributed by atoms with E-state index >= 15 is 0 Å². The molecule has 1 amide bonds. The standard InChI is InChI=1S/C28H31ClN6O.C2HF3O2/c1-34(17-7-10-21-8-3-2-4-9-21)20-22-13-15-23(16-14-22)28(36)33-35(24-11-5-6-12-24)27-25(29)19-31-26(18-30)32-27;3-2(4,5)1(6)7/h2-4,8-9,13-16,19,24H,5-7,10-12,17,20H2,1H3,(H,33,36);(H,6,7). The number of carboxylic acids is 1. The number of aliphatic carboxylic acids is 1. The van der Waals surface area contributed by atoms with Gasteiger partial charge in [0.15, 0.2) is 5.82 Å². The van der Waals surface area contributed by atoms with Gasteiger partial charge in [-0.3, -0.25) is 15.2 Å². The molecule has 1 saturated carbocycles. The fourth-order valence-electron chi connectivity index (χ4n) is 4.58. The number of carbonyl (C=O) groups excluding carboxylic acids is 1. The van der Waals surface area contributed by atoms with E-state index in [1.165, 1.54) is 11.8 Å². The van der Waals surface area contributed by atoms with E-state index in [0.29, 0.717) is 16.4 Å². The zero-order valence-corrected chi connectivity index (χ0v) is 24.3. The van der Waals surface area contributed by atoms with Gasteiger partial charge in [-0.1, -0.05) is 66.9 Å². The van der Waals surface area contributed by atoms with E-state index in [1.54, 1.807) is 5.01 Å². The summed E-state index contributed by atoms with van der Waals surface area (Å²) in [5, 5.41) is 18.4. The third kappa shape index (κ3) is 10.5. The highest BCUT2D eigenvalue weighted by Gasteiger charge is 2.38. The van der Waals surface area contributed by atoms with Crippen LogP contribution in [0, 0.1) is 11.3 Å². The van der Waals surface area contributed by atoms with Crippen molar-refractivity contribution in [2.24, 2.45) is 0 Å². The predicted octanol–water partition coefficient (Wildman–Crippen LogP) is 5.79. The molecule has 1 aliphatic carbocycles. The lowest BCUT2D eigenvalue weighted by Crippen LogP contribution is -2.48. The molecule has 1 aliphatic rings. The Morgan fingerprint density at radius 3 is 2.30 bits per heavy atom. The molecule has 9 nitrogen and oxygen atoms in total. The van der Waals surface area contributed by atoms with Crippen LogP contribution in [-0.4, -0.2) is 57.7 Å². The van der Waals surface area contributed by atoms with Crippen LogP contribution in [0.5, 0.6) is 0 Å². The number of carboxylic acid groups (broad SMARTS) is 1. The second-order valence-electron chi connectivity index (χ2n) is 10.1. The van der Waals surface area contributed by atoms with E-state index in [1.807, 2.05) is 36.4 Å². The summed E-state index contributed by atoms with van der Waals surface area (Å²) in [6, 6.07) is 20.2. The Bertz CT molecular complexity index is 1390. The smallest absolute Gasteiger partial charge is 0.475 e. The van der Waals surface area contributed by atoms with Gasteiger partial charge in [-0.15, -0.1) is 0 Å². The van der Waals surface area contributed by atoms with E-state index in [0.717, 1.165) is 57.2 Å². The number of halogens is 4. The molecular formula is C30H32ClF3N6O3. The van der Waals surface area contributed by atoms with Crippen LogP contribution in [0.4, 0.5) is 19.0 Å². The van der Waals surface area contributed by atoms with Crippen LogP contribution < -0.4 is 10.4 Å². The van der Waals surface area contributed by atoms with Gasteiger partial charge in [0, 0.05) is 12.1 Å². The van der Waals surface area contributed by atoms with E-state index in [9.17, 15) is 23.2 Å². The van der Waals surface area contributed by atoms with Crippen molar-refractivity contribution >= 4 is 29.3 Å². The van der Waals surface area contributed by atoms with Crippen LogP contribution in [0.25, 0.3) is 0 Å². The minimum atomic E-state index is -5.08. The van der Waals surface area contributed by atoms with Gasteiger partial charge < -0.3 is 10.0 Å². The van der Waals surface area contributed by atoms with Gasteiger partial charge in [0.1, 0.15) is 11.1 Å². The monoisotopic (exact) mass is 616 g/mol. The van der Waals surface area contributed by atoms with Crippen molar-refractivity contribution in [2.45, 2.75) is 57.3 Å². The first-order valence-electron chi connectivity index (χ1n) is 13.6. The maximum Gasteiger partial charge on any atom is 0.490 e. The van der Waals surface area contributed by atoms with Gasteiger partial charge in [0.2, 0.25) is 5.82 Å². The average Bonchev–Trinajstić information content (AvgIpc) is 3.52. The number of anilines is 1. The van der Waals surface area contributed by atoms with Crippen LogP contribution in [0.1, 0.15) is 59.4 Å². The van der Waals surface area contributed by atoms with Gasteiger partial charge >= 0.3 is 12.1 Å². The Kier molecular flexibility index (Phi) is 12.3. The van der Waals surface area contributed by atoms with E-state index in [2.05, 4.69) is 51.6 Å². The molecule has 0 bridgehead atoms. The Hall–Kier alpha value is -4.21. The summed E-state index contributed by atoms with van der Waals surface area (Å²) in [7, 11) is 2.12. The molecule has 0 atom stereocenters. The van der Waals surface area contributed by atoms with E-state index in [-0.39, 0.29) is 17.8 Å². The second-order valence-corrected chi connectivity index (χ2v) is 10.5. The van der Waals surface area contributed by atoms with Crippen molar-refractivity contribution in [3.8, 4) is 6.07 Å². The van der Waals surface area contributed by atoms with Crippen LogP contribution >= 0.6 is 11.6 Å². The molecule has 0 aliphatic heterocycles. The molecule has 0 radical (unpaired) electrons. The summed E-state index contributed by atoms with van der Waals surface area (Å²) in [5.74, 6) is -2.62. The zero-order chi connectivity index (χ0) is 31.4. The van der Waals surface area contributed by atoms with Crippen molar-refractivity contribution in [2.75, 3.05) is 18.6 Å². The lowest BCUT2D eigenvalue weighted by atomic mass is 10.1. The van der Waals surface area contributed by atoms with Gasteiger partial charge in [-0.2, -0.15) is 23.4 Å². The number of benzene rings is 2. The maximum atomic E-state index is 13.1. The first-order valence-corrected chi connectivity index (χ1v) is 14.0. The van der Waals surface area contributed by atoms with Gasteiger partial charge in [-0.25, -0.2) is 9.78 Å². The maximum absolute atomic E-state index is 13.1. The molecule has 4 rings (SSSR count). The summed E-state index contributed by atoms with van der Waals surface area (Å²) in [6.45, 7) is 1.82. The van der Waals surface area contributed by atoms with Gasteiger partial charge in [-0.05, 0) is 62.5 Å². The summed E-state index contributed by atoms with van der Waals surface area (Å²) in [6.07, 6.45) is 2.44. The molecule has 0 spiro atoms. The van der Waals surface area contributed by atoms with Crippen molar-refractivity contribution in [3.63, 3.8) is 0 Å². The number of rotatable bonds is 10. The molecule has 13 heteroatoms. The van der Waals surface area contributed by atoms with Crippen molar-refractivity contribution in [3.05, 3.63) is 88.3 Å². The first-order chi connectivity index (χ1) is 20.5. The molecule has 1 heterocycles. The van der Waals surface area contributed by atoms with Crippen LogP contribution in [0.15, 0.2) is 60.8 Å². The number of nitrogens with one attached hydrogen (secondary N) is 1. The number of hydrogen-bond donors (Lipinski definition) is 2. The van der Waals surface area contributed by atoms with Gasteiger partial charge in [0.05, 0.1) is 12.2 Å². The largest absolute Gasteiger partial charge is 0.490 e. The predicted molar refractivity (Wildman–Crippen MR) is 155 cm³/mol. The lowest BCUT2D eigenvalue weighted by molar-refractivity contribution is -0.192. The highest BCUT2D eigenvalue weighted by molar-refractivity contribution is 6.32. The topological polar surface area (TPSA) is 122 Å². The summed E-state index contributed by atoms with van der Waals surface area (Å²) in [4.78, 5) is 32.5. The van der Waals surface area contributed by atoms with Crippen LogP contribution in [-0.2, 0) is 17.8 Å². The number of aromatic nitrogens is 2. The number of hydrogen-bond acceptors (Lipinski definition) is 7.